The standard InChI is InChI=1S/C16H24BNO5S/c1-15(2)16(3,4)23-17(22-15)13-6-5-7-14(12-13)24(19,20)18-8-10-21-11-9-18/h5-7,12H,8-11H2,1-4H3. The van der Waals surface area contributed by atoms with Gasteiger partial charge in [0, 0.05) is 13.1 Å². The van der Waals surface area contributed by atoms with E-state index in [-0.39, 0.29) is 4.90 Å². The van der Waals surface area contributed by atoms with Crippen LogP contribution >= 0.6 is 0 Å². The quantitative estimate of drug-likeness (QED) is 0.759. The molecule has 0 saturated carbocycles. The summed E-state index contributed by atoms with van der Waals surface area (Å²) in [6.07, 6.45) is 0. The minimum Gasteiger partial charge on any atom is -0.399 e. The molecule has 0 N–H and O–H groups in total. The smallest absolute Gasteiger partial charge is 0.399 e. The molecule has 2 saturated heterocycles. The van der Waals surface area contributed by atoms with E-state index >= 15 is 0 Å². The Morgan fingerprint density at radius 1 is 1.04 bits per heavy atom. The van der Waals surface area contributed by atoms with Gasteiger partial charge in [0.05, 0.1) is 29.3 Å². The Morgan fingerprint density at radius 3 is 2.21 bits per heavy atom. The summed E-state index contributed by atoms with van der Waals surface area (Å²) in [5.74, 6) is 0. The van der Waals surface area contributed by atoms with Crippen LogP contribution in [0.25, 0.3) is 0 Å². The molecule has 0 atom stereocenters. The summed E-state index contributed by atoms with van der Waals surface area (Å²) in [6.45, 7) is 9.50. The normalized spacial score (nSPS) is 24.2. The second-order valence-corrected chi connectivity index (χ2v) is 9.12. The lowest BCUT2D eigenvalue weighted by Crippen LogP contribution is -2.41. The summed E-state index contributed by atoms with van der Waals surface area (Å²) >= 11 is 0. The average molecular weight is 353 g/mol. The number of morpholine rings is 1. The average Bonchev–Trinajstić information content (AvgIpc) is 2.76. The number of ether oxygens (including phenoxy) is 1. The first-order valence-electron chi connectivity index (χ1n) is 8.17. The molecule has 1 aromatic carbocycles. The number of sulfonamides is 1. The molecule has 0 radical (unpaired) electrons. The Balaban J connectivity index is 1.88. The van der Waals surface area contributed by atoms with E-state index in [1.54, 1.807) is 18.2 Å². The minimum atomic E-state index is -3.53. The van der Waals surface area contributed by atoms with E-state index in [4.69, 9.17) is 14.0 Å². The SMILES string of the molecule is CC1(C)OB(c2cccc(S(=O)(=O)N3CCOCC3)c2)OC1(C)C. The van der Waals surface area contributed by atoms with Crippen molar-refractivity contribution in [2.45, 2.75) is 43.8 Å². The van der Waals surface area contributed by atoms with Crippen molar-refractivity contribution in [2.24, 2.45) is 0 Å². The number of benzene rings is 1. The molecule has 24 heavy (non-hydrogen) atoms. The molecular weight excluding hydrogens is 329 g/mol. The van der Waals surface area contributed by atoms with Gasteiger partial charge in [-0.1, -0.05) is 12.1 Å². The van der Waals surface area contributed by atoms with Crippen LogP contribution in [0, 0.1) is 0 Å². The van der Waals surface area contributed by atoms with Gasteiger partial charge in [0.25, 0.3) is 0 Å². The van der Waals surface area contributed by atoms with Crippen LogP contribution in [-0.4, -0.2) is 57.3 Å². The van der Waals surface area contributed by atoms with E-state index in [2.05, 4.69) is 0 Å². The lowest BCUT2D eigenvalue weighted by molar-refractivity contribution is 0.00578. The third kappa shape index (κ3) is 3.13. The van der Waals surface area contributed by atoms with Crippen LogP contribution in [0.1, 0.15) is 27.7 Å². The lowest BCUT2D eigenvalue weighted by Gasteiger charge is -2.32. The zero-order valence-corrected chi connectivity index (χ0v) is 15.4. The molecule has 2 heterocycles. The largest absolute Gasteiger partial charge is 0.494 e. The monoisotopic (exact) mass is 353 g/mol. The van der Waals surface area contributed by atoms with Gasteiger partial charge >= 0.3 is 7.12 Å². The molecule has 6 nitrogen and oxygen atoms in total. The summed E-state index contributed by atoms with van der Waals surface area (Å²) in [6, 6.07) is 6.82. The predicted molar refractivity (Wildman–Crippen MR) is 91.7 cm³/mol. The van der Waals surface area contributed by atoms with E-state index in [0.29, 0.717) is 31.8 Å². The zero-order chi connectivity index (χ0) is 17.6. The number of rotatable bonds is 3. The summed E-state index contributed by atoms with van der Waals surface area (Å²) in [5, 5.41) is 0. The van der Waals surface area contributed by atoms with E-state index in [1.807, 2.05) is 33.8 Å². The molecule has 132 valence electrons. The van der Waals surface area contributed by atoms with E-state index in [1.165, 1.54) is 4.31 Å². The van der Waals surface area contributed by atoms with Crippen molar-refractivity contribution in [3.63, 3.8) is 0 Å². The highest BCUT2D eigenvalue weighted by Crippen LogP contribution is 2.36. The second-order valence-electron chi connectivity index (χ2n) is 7.18. The molecule has 8 heteroatoms. The van der Waals surface area contributed by atoms with Gasteiger partial charge in [-0.15, -0.1) is 0 Å². The van der Waals surface area contributed by atoms with Gasteiger partial charge in [0.15, 0.2) is 0 Å². The Morgan fingerprint density at radius 2 is 1.62 bits per heavy atom. The minimum absolute atomic E-state index is 0.261. The van der Waals surface area contributed by atoms with Crippen LogP contribution < -0.4 is 5.46 Å². The van der Waals surface area contributed by atoms with E-state index in [0.717, 1.165) is 0 Å². The van der Waals surface area contributed by atoms with Crippen molar-refractivity contribution in [2.75, 3.05) is 26.3 Å². The summed E-state index contributed by atoms with van der Waals surface area (Å²) in [5.41, 5.74) is -0.212. The van der Waals surface area contributed by atoms with E-state index in [9.17, 15) is 8.42 Å². The fraction of sp³-hybridized carbons (Fsp3) is 0.625. The van der Waals surface area contributed by atoms with E-state index < -0.39 is 28.3 Å². The maximum absolute atomic E-state index is 12.8. The summed E-state index contributed by atoms with van der Waals surface area (Å²) in [4.78, 5) is 0.261. The Kier molecular flexibility index (Phi) is 4.55. The van der Waals surface area contributed by atoms with Gasteiger partial charge in [0.1, 0.15) is 0 Å². The van der Waals surface area contributed by atoms with Crippen LogP contribution in [-0.2, 0) is 24.1 Å². The highest BCUT2D eigenvalue weighted by molar-refractivity contribution is 7.89. The van der Waals surface area contributed by atoms with Crippen LogP contribution in [0.3, 0.4) is 0 Å². The summed E-state index contributed by atoms with van der Waals surface area (Å²) < 4.78 is 44.3. The molecule has 2 fully saturated rings. The van der Waals surface area contributed by atoms with Crippen LogP contribution in [0.15, 0.2) is 29.2 Å². The van der Waals surface area contributed by atoms with Gasteiger partial charge in [-0.25, -0.2) is 8.42 Å². The zero-order valence-electron chi connectivity index (χ0n) is 14.6. The topological polar surface area (TPSA) is 65.1 Å². The highest BCUT2D eigenvalue weighted by atomic mass is 32.2. The third-order valence-corrected chi connectivity index (χ3v) is 6.89. The molecule has 2 aliphatic rings. The first-order valence-corrected chi connectivity index (χ1v) is 9.61. The van der Waals surface area contributed by atoms with Gasteiger partial charge in [-0.2, -0.15) is 4.31 Å². The molecule has 1 aromatic rings. The Hall–Kier alpha value is -0.925. The van der Waals surface area contributed by atoms with Crippen LogP contribution in [0.4, 0.5) is 0 Å². The molecule has 0 bridgehead atoms. The number of hydrogen-bond acceptors (Lipinski definition) is 5. The molecule has 0 amide bonds. The maximum atomic E-state index is 12.8. The third-order valence-electron chi connectivity index (χ3n) is 4.99. The van der Waals surface area contributed by atoms with Gasteiger partial charge in [-0.05, 0) is 45.3 Å². The van der Waals surface area contributed by atoms with Crippen molar-refractivity contribution in [3.8, 4) is 0 Å². The second kappa shape index (κ2) is 6.11. The van der Waals surface area contributed by atoms with Crippen LogP contribution in [0.5, 0.6) is 0 Å². The molecule has 0 aliphatic carbocycles. The fourth-order valence-electron chi connectivity index (χ4n) is 2.74. The molecule has 2 aliphatic heterocycles. The van der Waals surface area contributed by atoms with Crippen molar-refractivity contribution < 1.29 is 22.5 Å². The fourth-order valence-corrected chi connectivity index (χ4v) is 4.20. The maximum Gasteiger partial charge on any atom is 0.494 e. The first-order chi connectivity index (χ1) is 11.1. The highest BCUT2D eigenvalue weighted by Gasteiger charge is 2.51. The molecule has 0 aromatic heterocycles. The van der Waals surface area contributed by atoms with Gasteiger partial charge in [-0.3, -0.25) is 0 Å². The van der Waals surface area contributed by atoms with Crippen molar-refractivity contribution in [1.29, 1.82) is 0 Å². The van der Waals surface area contributed by atoms with Gasteiger partial charge in [0.2, 0.25) is 10.0 Å². The van der Waals surface area contributed by atoms with Gasteiger partial charge < -0.3 is 14.0 Å². The van der Waals surface area contributed by atoms with Crippen molar-refractivity contribution >= 4 is 22.6 Å². The van der Waals surface area contributed by atoms with Crippen LogP contribution in [0.2, 0.25) is 0 Å². The lowest BCUT2D eigenvalue weighted by atomic mass is 9.79. The Bertz CT molecular complexity index is 697. The molecule has 0 unspecified atom stereocenters. The number of nitrogens with zero attached hydrogens (tertiary/aromatic N) is 1. The van der Waals surface area contributed by atoms with Crippen molar-refractivity contribution in [1.82, 2.24) is 4.31 Å². The predicted octanol–water partition coefficient (Wildman–Crippen LogP) is 1.01. The number of hydrogen-bond donors (Lipinski definition) is 0. The van der Waals surface area contributed by atoms with Crippen molar-refractivity contribution in [3.05, 3.63) is 24.3 Å². The molecular formula is C16H24BNO5S. The molecule has 0 spiro atoms. The summed E-state index contributed by atoms with van der Waals surface area (Å²) in [7, 11) is -4.10. The first kappa shape index (κ1) is 17.9. The molecule has 3 rings (SSSR count). The Labute approximate surface area is 144 Å².